The van der Waals surface area contributed by atoms with Crippen molar-refractivity contribution in [2.45, 2.75) is 20.3 Å². The van der Waals surface area contributed by atoms with E-state index in [1.54, 1.807) is 18.2 Å². The smallest absolute Gasteiger partial charge is 0.292 e. The van der Waals surface area contributed by atoms with Crippen LogP contribution in [0.25, 0.3) is 0 Å². The minimum atomic E-state index is -0.436. The maximum Gasteiger partial charge on any atom is 0.292 e. The van der Waals surface area contributed by atoms with Gasteiger partial charge in [-0.2, -0.15) is 0 Å². The van der Waals surface area contributed by atoms with E-state index in [-0.39, 0.29) is 18.0 Å². The Morgan fingerprint density at radius 3 is 2.53 bits per heavy atom. The molecule has 0 aromatic heterocycles. The summed E-state index contributed by atoms with van der Waals surface area (Å²) in [5, 5.41) is 16.9. The predicted octanol–water partition coefficient (Wildman–Crippen LogP) is 3.49. The number of hydrogen-bond acceptors (Lipinski definition) is 6. The molecule has 1 aliphatic rings. The SMILES string of the molecule is CCN1CCN(c2ccc(NC(=O)CCNc3ccccc3[N+](=O)[O-])cc2C)CC1. The fourth-order valence-electron chi connectivity index (χ4n) is 3.71. The molecule has 3 rings (SSSR count). The van der Waals surface area contributed by atoms with Gasteiger partial charge in [0.2, 0.25) is 5.91 Å². The highest BCUT2D eigenvalue weighted by molar-refractivity contribution is 5.91. The van der Waals surface area contributed by atoms with E-state index in [9.17, 15) is 14.9 Å². The summed E-state index contributed by atoms with van der Waals surface area (Å²) in [6.07, 6.45) is 0.214. The van der Waals surface area contributed by atoms with Crippen molar-refractivity contribution in [2.75, 3.05) is 54.8 Å². The monoisotopic (exact) mass is 411 g/mol. The van der Waals surface area contributed by atoms with Gasteiger partial charge in [-0.05, 0) is 43.3 Å². The van der Waals surface area contributed by atoms with Gasteiger partial charge in [-0.15, -0.1) is 0 Å². The normalized spacial score (nSPS) is 14.4. The first kappa shape index (κ1) is 21.6. The molecule has 0 unspecified atom stereocenters. The van der Waals surface area contributed by atoms with Crippen molar-refractivity contribution in [3.8, 4) is 0 Å². The van der Waals surface area contributed by atoms with Crippen LogP contribution >= 0.6 is 0 Å². The maximum atomic E-state index is 12.3. The molecule has 1 saturated heterocycles. The third-order valence-corrected chi connectivity index (χ3v) is 5.41. The number of carbonyl (C=O) groups is 1. The zero-order valence-corrected chi connectivity index (χ0v) is 17.6. The van der Waals surface area contributed by atoms with E-state index in [2.05, 4.69) is 40.3 Å². The Balaban J connectivity index is 1.51. The zero-order valence-electron chi connectivity index (χ0n) is 17.6. The number of aryl methyl sites for hydroxylation is 1. The van der Waals surface area contributed by atoms with Crippen molar-refractivity contribution in [2.24, 2.45) is 0 Å². The van der Waals surface area contributed by atoms with Gasteiger partial charge in [0, 0.05) is 56.6 Å². The number of hydrogen-bond donors (Lipinski definition) is 2. The number of carbonyl (C=O) groups excluding carboxylic acids is 1. The van der Waals surface area contributed by atoms with Crippen LogP contribution in [0.4, 0.5) is 22.7 Å². The number of benzene rings is 2. The van der Waals surface area contributed by atoms with Gasteiger partial charge < -0.3 is 20.4 Å². The van der Waals surface area contributed by atoms with Crippen LogP contribution in [0, 0.1) is 17.0 Å². The van der Waals surface area contributed by atoms with E-state index in [1.807, 2.05) is 12.1 Å². The number of nitrogens with one attached hydrogen (secondary N) is 2. The van der Waals surface area contributed by atoms with Gasteiger partial charge in [0.25, 0.3) is 5.69 Å². The highest BCUT2D eigenvalue weighted by atomic mass is 16.6. The second kappa shape index (κ2) is 10.1. The number of nitro groups is 1. The molecule has 2 aromatic rings. The molecular weight excluding hydrogens is 382 g/mol. The molecule has 0 bridgehead atoms. The number of amides is 1. The lowest BCUT2D eigenvalue weighted by Crippen LogP contribution is -2.46. The molecule has 8 nitrogen and oxygen atoms in total. The number of nitrogens with zero attached hydrogens (tertiary/aromatic N) is 3. The number of nitro benzene ring substituents is 1. The fraction of sp³-hybridized carbons (Fsp3) is 0.409. The molecular formula is C22H29N5O3. The second-order valence-corrected chi connectivity index (χ2v) is 7.42. The van der Waals surface area contributed by atoms with Crippen LogP contribution < -0.4 is 15.5 Å². The number of piperazine rings is 1. The maximum absolute atomic E-state index is 12.3. The van der Waals surface area contributed by atoms with E-state index >= 15 is 0 Å². The second-order valence-electron chi connectivity index (χ2n) is 7.42. The summed E-state index contributed by atoms with van der Waals surface area (Å²) >= 11 is 0. The molecule has 1 amide bonds. The molecule has 0 saturated carbocycles. The molecule has 160 valence electrons. The summed E-state index contributed by atoms with van der Waals surface area (Å²) in [6, 6.07) is 12.4. The van der Waals surface area contributed by atoms with Gasteiger partial charge in [-0.25, -0.2) is 0 Å². The standard InChI is InChI=1S/C22H29N5O3/c1-3-25-12-14-26(15-13-25)20-9-8-18(16-17(20)2)24-22(28)10-11-23-19-6-4-5-7-21(19)27(29)30/h4-9,16,23H,3,10-15H2,1-2H3,(H,24,28). The lowest BCUT2D eigenvalue weighted by molar-refractivity contribution is -0.384. The zero-order chi connectivity index (χ0) is 21.5. The molecule has 1 heterocycles. The van der Waals surface area contributed by atoms with Crippen LogP contribution in [0.5, 0.6) is 0 Å². The highest BCUT2D eigenvalue weighted by Crippen LogP contribution is 2.25. The predicted molar refractivity (Wildman–Crippen MR) is 120 cm³/mol. The van der Waals surface area contributed by atoms with Crippen molar-refractivity contribution in [1.29, 1.82) is 0 Å². The molecule has 1 fully saturated rings. The summed E-state index contributed by atoms with van der Waals surface area (Å²) < 4.78 is 0. The van der Waals surface area contributed by atoms with E-state index in [1.165, 1.54) is 11.8 Å². The quantitative estimate of drug-likeness (QED) is 0.510. The summed E-state index contributed by atoms with van der Waals surface area (Å²) in [6.45, 7) is 9.82. The fourth-order valence-corrected chi connectivity index (χ4v) is 3.71. The van der Waals surface area contributed by atoms with Gasteiger partial charge in [0.1, 0.15) is 5.69 Å². The Morgan fingerprint density at radius 2 is 1.87 bits per heavy atom. The lowest BCUT2D eigenvalue weighted by Gasteiger charge is -2.36. The molecule has 30 heavy (non-hydrogen) atoms. The number of para-hydroxylation sites is 2. The van der Waals surface area contributed by atoms with Crippen LogP contribution in [0.15, 0.2) is 42.5 Å². The Hall–Kier alpha value is -3.13. The van der Waals surface area contributed by atoms with E-state index < -0.39 is 4.92 Å². The van der Waals surface area contributed by atoms with Crippen LogP contribution in [0.1, 0.15) is 18.9 Å². The molecule has 0 atom stereocenters. The van der Waals surface area contributed by atoms with Crippen molar-refractivity contribution < 1.29 is 9.72 Å². The minimum absolute atomic E-state index is 0.00360. The first-order chi connectivity index (χ1) is 14.5. The number of likely N-dealkylation sites (N-methyl/N-ethyl adjacent to an activating group) is 1. The highest BCUT2D eigenvalue weighted by Gasteiger charge is 2.17. The van der Waals surface area contributed by atoms with E-state index in [0.29, 0.717) is 12.2 Å². The molecule has 0 spiro atoms. The first-order valence-corrected chi connectivity index (χ1v) is 10.3. The number of anilines is 3. The number of rotatable bonds is 8. The summed E-state index contributed by atoms with van der Waals surface area (Å²) in [5.41, 5.74) is 3.53. The minimum Gasteiger partial charge on any atom is -0.379 e. The molecule has 8 heteroatoms. The molecule has 1 aliphatic heterocycles. The van der Waals surface area contributed by atoms with E-state index in [0.717, 1.165) is 44.0 Å². The first-order valence-electron chi connectivity index (χ1n) is 10.3. The van der Waals surface area contributed by atoms with Crippen LogP contribution in [-0.4, -0.2) is 55.0 Å². The largest absolute Gasteiger partial charge is 0.379 e. The summed E-state index contributed by atoms with van der Waals surface area (Å²) in [4.78, 5) is 27.7. The van der Waals surface area contributed by atoms with Crippen molar-refractivity contribution >= 4 is 28.7 Å². The third kappa shape index (κ3) is 5.48. The molecule has 0 aliphatic carbocycles. The average molecular weight is 412 g/mol. The van der Waals surface area contributed by atoms with Gasteiger partial charge in [-0.3, -0.25) is 14.9 Å². The Labute approximate surface area is 177 Å². The summed E-state index contributed by atoms with van der Waals surface area (Å²) in [5.74, 6) is -0.134. The molecule has 2 N–H and O–H groups in total. The van der Waals surface area contributed by atoms with Gasteiger partial charge in [0.15, 0.2) is 0 Å². The van der Waals surface area contributed by atoms with Gasteiger partial charge in [-0.1, -0.05) is 19.1 Å². The third-order valence-electron chi connectivity index (χ3n) is 5.41. The van der Waals surface area contributed by atoms with Crippen molar-refractivity contribution in [1.82, 2.24) is 4.90 Å². The Bertz CT molecular complexity index is 894. The van der Waals surface area contributed by atoms with Crippen molar-refractivity contribution in [3.05, 3.63) is 58.1 Å². The van der Waals surface area contributed by atoms with E-state index in [4.69, 9.17) is 0 Å². The lowest BCUT2D eigenvalue weighted by atomic mass is 10.1. The van der Waals surface area contributed by atoms with Crippen LogP contribution in [0.3, 0.4) is 0 Å². The summed E-state index contributed by atoms with van der Waals surface area (Å²) in [7, 11) is 0. The van der Waals surface area contributed by atoms with Gasteiger partial charge >= 0.3 is 0 Å². The van der Waals surface area contributed by atoms with Crippen molar-refractivity contribution in [3.63, 3.8) is 0 Å². The topological polar surface area (TPSA) is 90.8 Å². The van der Waals surface area contributed by atoms with Gasteiger partial charge in [0.05, 0.1) is 4.92 Å². The average Bonchev–Trinajstić information content (AvgIpc) is 2.74. The van der Waals surface area contributed by atoms with Crippen LogP contribution in [-0.2, 0) is 4.79 Å². The molecule has 0 radical (unpaired) electrons. The Morgan fingerprint density at radius 1 is 1.13 bits per heavy atom. The van der Waals surface area contributed by atoms with Crippen LogP contribution in [0.2, 0.25) is 0 Å². The molecule has 2 aromatic carbocycles. The Kier molecular flexibility index (Phi) is 7.24.